The lowest BCUT2D eigenvalue weighted by atomic mass is 9.85. The molecular formula is C29H32N4O3. The van der Waals surface area contributed by atoms with Crippen molar-refractivity contribution in [2.24, 2.45) is 23.7 Å². The van der Waals surface area contributed by atoms with E-state index in [4.69, 9.17) is 0 Å². The van der Waals surface area contributed by atoms with Gasteiger partial charge in [-0.2, -0.15) is 0 Å². The highest BCUT2D eigenvalue weighted by Gasteiger charge is 2.59. The largest absolute Gasteiger partial charge is 0.325 e. The van der Waals surface area contributed by atoms with E-state index in [0.29, 0.717) is 5.69 Å². The predicted octanol–water partition coefficient (Wildman–Crippen LogP) is 2.75. The summed E-state index contributed by atoms with van der Waals surface area (Å²) in [5.74, 6) is -0.918. The molecule has 1 saturated carbocycles. The highest BCUT2D eigenvalue weighted by Crippen LogP contribution is 2.52. The summed E-state index contributed by atoms with van der Waals surface area (Å²) in [5.41, 5.74) is 3.23. The molecule has 2 saturated heterocycles. The molecule has 2 aromatic rings. The first-order chi connectivity index (χ1) is 17.5. The number of allylic oxidation sites excluding steroid dienone is 2. The number of piperazine rings is 1. The van der Waals surface area contributed by atoms with Gasteiger partial charge in [-0.3, -0.25) is 29.1 Å². The molecule has 0 radical (unpaired) electrons. The maximum atomic E-state index is 12.8. The second-order valence-corrected chi connectivity index (χ2v) is 10.5. The lowest BCUT2D eigenvalue weighted by Crippen LogP contribution is -2.45. The SMILES string of the molecule is O=C(CN1C(=O)C2C3C=CC(C3)C2C1=O)Nc1ccc(CN2CCN(Cc3ccccc3)CC2)cc1. The molecule has 4 unspecified atom stereocenters. The van der Waals surface area contributed by atoms with Gasteiger partial charge < -0.3 is 5.32 Å². The number of hydrogen-bond acceptors (Lipinski definition) is 5. The topological polar surface area (TPSA) is 73.0 Å². The van der Waals surface area contributed by atoms with E-state index >= 15 is 0 Å². The lowest BCUT2D eigenvalue weighted by Gasteiger charge is -2.34. The number of hydrogen-bond donors (Lipinski definition) is 1. The molecule has 36 heavy (non-hydrogen) atoms. The third-order valence-electron chi connectivity index (χ3n) is 8.22. The fraction of sp³-hybridized carbons (Fsp3) is 0.414. The quantitative estimate of drug-likeness (QED) is 0.483. The van der Waals surface area contributed by atoms with Gasteiger partial charge in [-0.25, -0.2) is 0 Å². The van der Waals surface area contributed by atoms with Crippen molar-refractivity contribution in [3.8, 4) is 0 Å². The highest BCUT2D eigenvalue weighted by molar-refractivity contribution is 6.09. The zero-order valence-electron chi connectivity index (χ0n) is 20.4. The van der Waals surface area contributed by atoms with Crippen molar-refractivity contribution < 1.29 is 14.4 Å². The van der Waals surface area contributed by atoms with Crippen molar-refractivity contribution in [3.05, 3.63) is 77.9 Å². The van der Waals surface area contributed by atoms with Crippen LogP contribution in [0.15, 0.2) is 66.7 Å². The van der Waals surface area contributed by atoms with Crippen molar-refractivity contribution in [2.75, 3.05) is 38.0 Å². The van der Waals surface area contributed by atoms with E-state index in [-0.39, 0.29) is 47.9 Å². The van der Waals surface area contributed by atoms with Crippen LogP contribution >= 0.6 is 0 Å². The number of nitrogens with zero attached hydrogens (tertiary/aromatic N) is 3. The Bertz CT molecular complexity index is 1140. The third kappa shape index (κ3) is 4.49. The van der Waals surface area contributed by atoms with Gasteiger partial charge in [0.2, 0.25) is 17.7 Å². The maximum absolute atomic E-state index is 12.8. The molecule has 7 nitrogen and oxygen atoms in total. The van der Waals surface area contributed by atoms with E-state index in [1.54, 1.807) is 0 Å². The van der Waals surface area contributed by atoms with Crippen molar-refractivity contribution in [1.29, 1.82) is 0 Å². The average molecular weight is 485 g/mol. The standard InChI is InChI=1S/C29H32N4O3/c34-25(19-33-28(35)26-22-8-9-23(16-22)27(26)29(33)36)30-24-10-6-21(7-11-24)18-32-14-12-31(13-15-32)17-20-4-2-1-3-5-20/h1-11,22-23,26-27H,12-19H2,(H,30,34). The number of imide groups is 1. The summed E-state index contributed by atoms with van der Waals surface area (Å²) in [4.78, 5) is 44.4. The highest BCUT2D eigenvalue weighted by atomic mass is 16.2. The van der Waals surface area contributed by atoms with E-state index < -0.39 is 0 Å². The van der Waals surface area contributed by atoms with Crippen LogP contribution in [0.4, 0.5) is 5.69 Å². The van der Waals surface area contributed by atoms with Crippen LogP contribution in [0.5, 0.6) is 0 Å². The first-order valence-electron chi connectivity index (χ1n) is 13.0. The molecule has 3 amide bonds. The van der Waals surface area contributed by atoms with E-state index in [0.717, 1.165) is 45.7 Å². The van der Waals surface area contributed by atoms with Crippen LogP contribution in [-0.4, -0.2) is 65.1 Å². The van der Waals surface area contributed by atoms with Crippen molar-refractivity contribution in [1.82, 2.24) is 14.7 Å². The number of rotatable bonds is 7. The van der Waals surface area contributed by atoms with Gasteiger partial charge in [0.25, 0.3) is 0 Å². The first kappa shape index (κ1) is 23.1. The average Bonchev–Trinajstić information content (AvgIpc) is 3.57. The zero-order chi connectivity index (χ0) is 24.6. The van der Waals surface area contributed by atoms with Crippen LogP contribution in [0, 0.1) is 23.7 Å². The summed E-state index contributed by atoms with van der Waals surface area (Å²) in [6.45, 7) is 5.83. The number of amides is 3. The second kappa shape index (κ2) is 9.64. The molecule has 4 atom stereocenters. The Morgan fingerprint density at radius 1 is 0.750 bits per heavy atom. The fourth-order valence-corrected chi connectivity index (χ4v) is 6.36. The van der Waals surface area contributed by atoms with Crippen molar-refractivity contribution in [3.63, 3.8) is 0 Å². The number of carbonyl (C=O) groups excluding carboxylic acids is 3. The molecule has 6 rings (SSSR count). The first-order valence-corrected chi connectivity index (χ1v) is 13.0. The molecule has 2 heterocycles. The van der Waals surface area contributed by atoms with Crippen LogP contribution in [0.25, 0.3) is 0 Å². The molecule has 2 aliphatic heterocycles. The van der Waals surface area contributed by atoms with Gasteiger partial charge in [0.15, 0.2) is 0 Å². The van der Waals surface area contributed by atoms with Crippen LogP contribution in [-0.2, 0) is 27.5 Å². The van der Waals surface area contributed by atoms with Crippen molar-refractivity contribution in [2.45, 2.75) is 19.5 Å². The Morgan fingerprint density at radius 3 is 1.83 bits per heavy atom. The Labute approximate surface area is 211 Å². The Kier molecular flexibility index (Phi) is 6.19. The van der Waals surface area contributed by atoms with Gasteiger partial charge in [0, 0.05) is 45.0 Å². The molecule has 0 aromatic heterocycles. The molecule has 2 aromatic carbocycles. The lowest BCUT2D eigenvalue weighted by molar-refractivity contribution is -0.143. The van der Waals surface area contributed by atoms with Crippen LogP contribution in [0.1, 0.15) is 17.5 Å². The number of likely N-dealkylation sites (tertiary alicyclic amines) is 1. The minimum absolute atomic E-state index is 0.156. The van der Waals surface area contributed by atoms with E-state index in [1.807, 2.05) is 24.3 Å². The normalized spacial score (nSPS) is 27.6. The smallest absolute Gasteiger partial charge is 0.244 e. The maximum Gasteiger partial charge on any atom is 0.244 e. The molecule has 7 heteroatoms. The molecule has 3 fully saturated rings. The van der Waals surface area contributed by atoms with Gasteiger partial charge in [-0.05, 0) is 41.5 Å². The van der Waals surface area contributed by atoms with Gasteiger partial charge >= 0.3 is 0 Å². The number of carbonyl (C=O) groups is 3. The van der Waals surface area contributed by atoms with Gasteiger partial charge in [-0.1, -0.05) is 54.6 Å². The summed E-state index contributed by atoms with van der Waals surface area (Å²) in [6.07, 6.45) is 5.02. The van der Waals surface area contributed by atoms with Crippen LogP contribution in [0.3, 0.4) is 0 Å². The molecule has 2 bridgehead atoms. The van der Waals surface area contributed by atoms with Gasteiger partial charge in [0.1, 0.15) is 6.54 Å². The summed E-state index contributed by atoms with van der Waals surface area (Å²) in [6, 6.07) is 18.5. The molecule has 186 valence electrons. The predicted molar refractivity (Wildman–Crippen MR) is 137 cm³/mol. The van der Waals surface area contributed by atoms with E-state index in [2.05, 4.69) is 57.6 Å². The van der Waals surface area contributed by atoms with E-state index in [9.17, 15) is 14.4 Å². The summed E-state index contributed by atoms with van der Waals surface area (Å²) < 4.78 is 0. The number of anilines is 1. The number of benzene rings is 2. The number of fused-ring (bicyclic) bond motifs is 5. The summed E-state index contributed by atoms with van der Waals surface area (Å²) in [5, 5.41) is 2.85. The van der Waals surface area contributed by atoms with Crippen LogP contribution < -0.4 is 5.32 Å². The Hall–Kier alpha value is -3.29. The third-order valence-corrected chi connectivity index (χ3v) is 8.22. The van der Waals surface area contributed by atoms with Gasteiger partial charge in [-0.15, -0.1) is 0 Å². The van der Waals surface area contributed by atoms with Gasteiger partial charge in [0.05, 0.1) is 11.8 Å². The molecular weight excluding hydrogens is 452 g/mol. The summed E-state index contributed by atoms with van der Waals surface area (Å²) in [7, 11) is 0. The minimum atomic E-state index is -0.334. The fourth-order valence-electron chi connectivity index (χ4n) is 6.36. The Balaban J connectivity index is 0.970. The molecule has 0 spiro atoms. The summed E-state index contributed by atoms with van der Waals surface area (Å²) >= 11 is 0. The molecule has 4 aliphatic rings. The molecule has 2 aliphatic carbocycles. The zero-order valence-corrected chi connectivity index (χ0v) is 20.4. The number of nitrogens with one attached hydrogen (secondary N) is 1. The van der Waals surface area contributed by atoms with E-state index in [1.165, 1.54) is 16.0 Å². The minimum Gasteiger partial charge on any atom is -0.325 e. The second-order valence-electron chi connectivity index (χ2n) is 10.5. The van der Waals surface area contributed by atoms with Crippen LogP contribution in [0.2, 0.25) is 0 Å². The monoisotopic (exact) mass is 484 g/mol. The molecule has 1 N–H and O–H groups in total. The Morgan fingerprint density at radius 2 is 1.28 bits per heavy atom. The van der Waals surface area contributed by atoms with Crippen molar-refractivity contribution >= 4 is 23.4 Å².